The van der Waals surface area contributed by atoms with Crippen LogP contribution >= 0.6 is 0 Å². The van der Waals surface area contributed by atoms with Gasteiger partial charge < -0.3 is 25.6 Å². The number of benzene rings is 2. The molecule has 13 heteroatoms. The highest BCUT2D eigenvalue weighted by molar-refractivity contribution is 6.01. The Bertz CT molecular complexity index is 1560. The van der Waals surface area contributed by atoms with Gasteiger partial charge in [0.05, 0.1) is 17.4 Å². The fourth-order valence-corrected chi connectivity index (χ4v) is 5.91. The second-order valence-corrected chi connectivity index (χ2v) is 12.6. The molecule has 1 saturated heterocycles. The van der Waals surface area contributed by atoms with Crippen molar-refractivity contribution in [1.82, 2.24) is 25.5 Å². The third-order valence-electron chi connectivity index (χ3n) is 8.15. The molecule has 5 rings (SSSR count). The Balaban J connectivity index is 0.000000591. The second kappa shape index (κ2) is 12.9. The van der Waals surface area contributed by atoms with Gasteiger partial charge in [0.25, 0.3) is 0 Å². The minimum atomic E-state index is -5.08. The van der Waals surface area contributed by atoms with Crippen molar-refractivity contribution in [3.05, 3.63) is 65.5 Å². The summed E-state index contributed by atoms with van der Waals surface area (Å²) in [5.41, 5.74) is 4.07. The number of carbonyl (C=O) groups is 4. The maximum atomic E-state index is 14.4. The zero-order valence-corrected chi connectivity index (χ0v) is 25.7. The highest BCUT2D eigenvalue weighted by Crippen LogP contribution is 2.36. The van der Waals surface area contributed by atoms with E-state index in [4.69, 9.17) is 9.90 Å². The molecular formula is C32H38F3N5O5. The topological polar surface area (TPSA) is 144 Å². The number of carboxylic acid groups (broad SMARTS) is 1. The van der Waals surface area contributed by atoms with E-state index in [0.717, 1.165) is 5.52 Å². The van der Waals surface area contributed by atoms with Crippen LogP contribution in [0.25, 0.3) is 11.0 Å². The number of H-pyrrole nitrogens is 1. The van der Waals surface area contributed by atoms with Crippen molar-refractivity contribution in [2.24, 2.45) is 11.8 Å². The summed E-state index contributed by atoms with van der Waals surface area (Å²) in [6.07, 6.45) is -1.36. The van der Waals surface area contributed by atoms with E-state index >= 15 is 0 Å². The Morgan fingerprint density at radius 3 is 2.22 bits per heavy atom. The molecule has 4 atom stereocenters. The molecule has 1 aromatic heterocycles. The predicted molar refractivity (Wildman–Crippen MR) is 160 cm³/mol. The Morgan fingerprint density at radius 2 is 1.69 bits per heavy atom. The van der Waals surface area contributed by atoms with Gasteiger partial charge in [0.1, 0.15) is 18.1 Å². The third kappa shape index (κ3) is 7.46. The summed E-state index contributed by atoms with van der Waals surface area (Å²) in [5.74, 6) is -3.67. The number of nitrogens with one attached hydrogen (secondary N) is 3. The summed E-state index contributed by atoms with van der Waals surface area (Å²) in [6, 6.07) is 11.3. The molecule has 0 saturated carbocycles. The van der Waals surface area contributed by atoms with Crippen LogP contribution < -0.4 is 10.6 Å². The van der Waals surface area contributed by atoms with Crippen molar-refractivity contribution in [3.63, 3.8) is 0 Å². The predicted octanol–water partition coefficient (Wildman–Crippen LogP) is 4.31. The van der Waals surface area contributed by atoms with Crippen LogP contribution in [-0.2, 0) is 32.0 Å². The SMILES string of the molecule is CC[C@@H](C)[C@@H]1C(=O)N[C@H](C2Cc3ccccc3C2)C(=O)N1[C@@H](C(=O)NC(C)(C)C)c1ccc2[nH]cnc2c1.O=C(O)C(F)(F)F. The quantitative estimate of drug-likeness (QED) is 0.320. The number of aliphatic carboxylic acids is 1. The number of fused-ring (bicyclic) bond motifs is 2. The lowest BCUT2D eigenvalue weighted by Gasteiger charge is -2.46. The van der Waals surface area contributed by atoms with Crippen molar-refractivity contribution in [2.75, 3.05) is 0 Å². The fourth-order valence-electron chi connectivity index (χ4n) is 5.91. The number of carboxylic acids is 1. The molecule has 3 amide bonds. The Kier molecular flexibility index (Phi) is 9.59. The van der Waals surface area contributed by atoms with Crippen LogP contribution in [0.5, 0.6) is 0 Å². The maximum Gasteiger partial charge on any atom is 0.490 e. The zero-order chi connectivity index (χ0) is 33.3. The first-order chi connectivity index (χ1) is 21.0. The van der Waals surface area contributed by atoms with Crippen LogP contribution in [0.4, 0.5) is 13.2 Å². The standard InChI is InChI=1S/C30H37N5O3.C2HF3O2/c1-6-17(2)25-27(36)33-24(21-13-18-9-7-8-10-19(18)14-21)29(38)35(25)26(28(37)34-30(3,4)5)20-11-12-22-23(15-20)32-16-31-22;3-2(4,5)1(6)7/h7-12,15-17,21,24-26H,6,13-14H2,1-5H3,(H,31,32)(H,33,36)(H,34,37);(H,6,7)/t17-,24-,25-,26-;/m1./s1. The summed E-state index contributed by atoms with van der Waals surface area (Å²) in [4.78, 5) is 60.1. The van der Waals surface area contributed by atoms with Crippen molar-refractivity contribution < 1.29 is 37.5 Å². The molecule has 10 nitrogen and oxygen atoms in total. The number of imidazole rings is 1. The van der Waals surface area contributed by atoms with E-state index < -0.39 is 35.8 Å². The normalized spacial score (nSPS) is 20.1. The Labute approximate surface area is 258 Å². The molecule has 1 fully saturated rings. The second-order valence-electron chi connectivity index (χ2n) is 12.6. The van der Waals surface area contributed by atoms with E-state index in [1.807, 2.05) is 65.0 Å². The molecule has 3 aromatic rings. The van der Waals surface area contributed by atoms with E-state index in [2.05, 4.69) is 32.7 Å². The number of hydrogen-bond acceptors (Lipinski definition) is 5. The number of rotatable bonds is 6. The molecule has 0 unspecified atom stereocenters. The molecule has 45 heavy (non-hydrogen) atoms. The summed E-state index contributed by atoms with van der Waals surface area (Å²) in [7, 11) is 0. The van der Waals surface area contributed by atoms with Gasteiger partial charge in [-0.3, -0.25) is 14.4 Å². The monoisotopic (exact) mass is 629 g/mol. The molecule has 1 aliphatic heterocycles. The first kappa shape index (κ1) is 33.5. The van der Waals surface area contributed by atoms with Crippen molar-refractivity contribution in [3.8, 4) is 0 Å². The van der Waals surface area contributed by atoms with Crippen molar-refractivity contribution in [1.29, 1.82) is 0 Å². The number of halogens is 3. The zero-order valence-electron chi connectivity index (χ0n) is 25.7. The number of nitrogens with zero attached hydrogens (tertiary/aromatic N) is 2. The first-order valence-corrected chi connectivity index (χ1v) is 14.8. The molecule has 242 valence electrons. The van der Waals surface area contributed by atoms with Gasteiger partial charge >= 0.3 is 12.1 Å². The average molecular weight is 630 g/mol. The maximum absolute atomic E-state index is 14.4. The van der Waals surface area contributed by atoms with Crippen LogP contribution in [0.2, 0.25) is 0 Å². The Hall–Kier alpha value is -4.42. The van der Waals surface area contributed by atoms with Gasteiger partial charge in [0, 0.05) is 5.54 Å². The van der Waals surface area contributed by atoms with E-state index in [0.29, 0.717) is 30.3 Å². The summed E-state index contributed by atoms with van der Waals surface area (Å²) >= 11 is 0. The molecule has 0 spiro atoms. The molecule has 2 aromatic carbocycles. The lowest BCUT2D eigenvalue weighted by Crippen LogP contribution is -2.68. The minimum absolute atomic E-state index is 0.0654. The van der Waals surface area contributed by atoms with Gasteiger partial charge in [-0.25, -0.2) is 9.78 Å². The third-order valence-corrected chi connectivity index (χ3v) is 8.15. The highest BCUT2D eigenvalue weighted by atomic mass is 19.4. The number of aromatic nitrogens is 2. The number of piperazine rings is 1. The molecule has 0 radical (unpaired) electrons. The van der Waals surface area contributed by atoms with Crippen LogP contribution in [0.1, 0.15) is 63.8 Å². The molecule has 1 aliphatic carbocycles. The molecule has 4 N–H and O–H groups in total. The van der Waals surface area contributed by atoms with Gasteiger partial charge in [-0.1, -0.05) is 50.6 Å². The molecule has 2 heterocycles. The average Bonchev–Trinajstić information content (AvgIpc) is 3.60. The molecule has 2 aliphatic rings. The molecule has 0 bridgehead atoms. The number of hydrogen-bond donors (Lipinski definition) is 4. The number of amides is 3. The van der Waals surface area contributed by atoms with E-state index in [9.17, 15) is 27.6 Å². The van der Waals surface area contributed by atoms with Gasteiger partial charge in [-0.2, -0.15) is 13.2 Å². The lowest BCUT2D eigenvalue weighted by atomic mass is 9.85. The Morgan fingerprint density at radius 1 is 1.09 bits per heavy atom. The molecular weight excluding hydrogens is 591 g/mol. The van der Waals surface area contributed by atoms with Gasteiger partial charge in [0.2, 0.25) is 17.7 Å². The summed E-state index contributed by atoms with van der Waals surface area (Å²) in [5, 5.41) is 13.3. The van der Waals surface area contributed by atoms with Gasteiger partial charge in [-0.15, -0.1) is 0 Å². The number of carbonyl (C=O) groups excluding carboxylic acids is 3. The highest BCUT2D eigenvalue weighted by Gasteiger charge is 2.51. The van der Waals surface area contributed by atoms with E-state index in [1.165, 1.54) is 11.1 Å². The van der Waals surface area contributed by atoms with Crippen LogP contribution in [-0.4, -0.2) is 67.5 Å². The van der Waals surface area contributed by atoms with Gasteiger partial charge in [-0.05, 0) is 74.3 Å². The van der Waals surface area contributed by atoms with Crippen molar-refractivity contribution >= 4 is 34.7 Å². The van der Waals surface area contributed by atoms with E-state index in [-0.39, 0.29) is 29.6 Å². The minimum Gasteiger partial charge on any atom is -0.475 e. The summed E-state index contributed by atoms with van der Waals surface area (Å²) < 4.78 is 31.7. The lowest BCUT2D eigenvalue weighted by molar-refractivity contribution is -0.192. The fraction of sp³-hybridized carbons (Fsp3) is 0.469. The largest absolute Gasteiger partial charge is 0.490 e. The summed E-state index contributed by atoms with van der Waals surface area (Å²) in [6.45, 7) is 9.70. The van der Waals surface area contributed by atoms with Gasteiger partial charge in [0.15, 0.2) is 0 Å². The van der Waals surface area contributed by atoms with Crippen LogP contribution in [0.15, 0.2) is 48.8 Å². The van der Waals surface area contributed by atoms with Crippen LogP contribution in [0.3, 0.4) is 0 Å². The van der Waals surface area contributed by atoms with Crippen LogP contribution in [0, 0.1) is 11.8 Å². The first-order valence-electron chi connectivity index (χ1n) is 14.8. The smallest absolute Gasteiger partial charge is 0.475 e. The number of aromatic amines is 1. The number of alkyl halides is 3. The van der Waals surface area contributed by atoms with Crippen molar-refractivity contribution in [2.45, 2.75) is 83.7 Å². The van der Waals surface area contributed by atoms with E-state index in [1.54, 1.807) is 11.2 Å².